The minimum absolute atomic E-state index is 0.408. The first-order chi connectivity index (χ1) is 12.0. The van der Waals surface area contributed by atoms with Crippen LogP contribution in [-0.4, -0.2) is 24.5 Å². The van der Waals surface area contributed by atoms with Crippen LogP contribution in [0.15, 0.2) is 53.0 Å². The number of hydrogen-bond donors (Lipinski definition) is 2. The molecular formula is C18H19BrN2O4. The molecule has 2 N–H and O–H groups in total. The molecule has 0 aliphatic rings. The van der Waals surface area contributed by atoms with Crippen LogP contribution in [0, 0.1) is 0 Å². The van der Waals surface area contributed by atoms with Gasteiger partial charge in [0.15, 0.2) is 6.10 Å². The van der Waals surface area contributed by atoms with Gasteiger partial charge < -0.3 is 9.47 Å². The molecule has 0 saturated heterocycles. The van der Waals surface area contributed by atoms with Gasteiger partial charge in [0.1, 0.15) is 11.5 Å². The average molecular weight is 407 g/mol. The zero-order valence-corrected chi connectivity index (χ0v) is 15.5. The number of amides is 2. The lowest BCUT2D eigenvalue weighted by atomic mass is 10.2. The van der Waals surface area contributed by atoms with E-state index >= 15 is 0 Å². The highest BCUT2D eigenvalue weighted by Gasteiger charge is 2.16. The largest absolute Gasteiger partial charge is 0.494 e. The monoisotopic (exact) mass is 406 g/mol. The fraction of sp³-hybridized carbons (Fsp3) is 0.222. The molecule has 0 aliphatic carbocycles. The highest BCUT2D eigenvalue weighted by molar-refractivity contribution is 9.10. The van der Waals surface area contributed by atoms with Gasteiger partial charge in [-0.1, -0.05) is 15.9 Å². The quantitative estimate of drug-likeness (QED) is 0.722. The Morgan fingerprint density at radius 1 is 1.00 bits per heavy atom. The molecular weight excluding hydrogens is 388 g/mol. The van der Waals surface area contributed by atoms with E-state index < -0.39 is 17.9 Å². The molecule has 7 heteroatoms. The maximum atomic E-state index is 12.0. The lowest BCUT2D eigenvalue weighted by Gasteiger charge is -2.15. The third-order valence-electron chi connectivity index (χ3n) is 3.22. The normalized spacial score (nSPS) is 11.3. The number of benzene rings is 2. The molecule has 0 fully saturated rings. The van der Waals surface area contributed by atoms with E-state index in [1.807, 2.05) is 19.1 Å². The summed E-state index contributed by atoms with van der Waals surface area (Å²) in [5.74, 6) is 0.359. The minimum Gasteiger partial charge on any atom is -0.494 e. The Balaban J connectivity index is 1.83. The second kappa shape index (κ2) is 9.08. The number of ether oxygens (including phenoxy) is 2. The SMILES string of the molecule is CCOc1ccc(C(=O)NNC(=O)[C@H](C)Oc2ccc(Br)cc2)cc1. The molecule has 0 spiro atoms. The number of carbonyl (C=O) groups excluding carboxylic acids is 2. The third-order valence-corrected chi connectivity index (χ3v) is 3.75. The topological polar surface area (TPSA) is 76.7 Å². The molecule has 132 valence electrons. The van der Waals surface area contributed by atoms with Gasteiger partial charge in [-0.25, -0.2) is 0 Å². The van der Waals surface area contributed by atoms with Crippen molar-refractivity contribution >= 4 is 27.7 Å². The van der Waals surface area contributed by atoms with Crippen LogP contribution in [0.5, 0.6) is 11.5 Å². The minimum atomic E-state index is -0.762. The fourth-order valence-corrected chi connectivity index (χ4v) is 2.20. The maximum Gasteiger partial charge on any atom is 0.279 e. The molecule has 1 atom stereocenters. The maximum absolute atomic E-state index is 12.0. The molecule has 2 aromatic carbocycles. The van der Waals surface area contributed by atoms with Crippen molar-refractivity contribution in [3.8, 4) is 11.5 Å². The summed E-state index contributed by atoms with van der Waals surface area (Å²) in [7, 11) is 0. The summed E-state index contributed by atoms with van der Waals surface area (Å²) in [5.41, 5.74) is 5.11. The Morgan fingerprint density at radius 3 is 2.20 bits per heavy atom. The molecule has 6 nitrogen and oxygen atoms in total. The second-order valence-electron chi connectivity index (χ2n) is 5.11. The van der Waals surface area contributed by atoms with E-state index in [2.05, 4.69) is 26.8 Å². The third kappa shape index (κ3) is 5.79. The van der Waals surface area contributed by atoms with Crippen LogP contribution in [0.3, 0.4) is 0 Å². The van der Waals surface area contributed by atoms with Gasteiger partial charge in [-0.3, -0.25) is 20.4 Å². The van der Waals surface area contributed by atoms with Crippen LogP contribution in [-0.2, 0) is 4.79 Å². The summed E-state index contributed by atoms with van der Waals surface area (Å²) >= 11 is 3.33. The Labute approximate surface area is 154 Å². The molecule has 0 heterocycles. The summed E-state index contributed by atoms with van der Waals surface area (Å²) in [6.07, 6.45) is -0.762. The Kier molecular flexibility index (Phi) is 6.82. The van der Waals surface area contributed by atoms with Crippen molar-refractivity contribution in [3.05, 3.63) is 58.6 Å². The van der Waals surface area contributed by atoms with Crippen LogP contribution in [0.25, 0.3) is 0 Å². The van der Waals surface area contributed by atoms with Crippen LogP contribution in [0.2, 0.25) is 0 Å². The van der Waals surface area contributed by atoms with Gasteiger partial charge >= 0.3 is 0 Å². The molecule has 0 radical (unpaired) electrons. The smallest absolute Gasteiger partial charge is 0.279 e. The summed E-state index contributed by atoms with van der Waals surface area (Å²) in [4.78, 5) is 24.0. The number of hydrazine groups is 1. The van der Waals surface area contributed by atoms with Crippen molar-refractivity contribution in [2.75, 3.05) is 6.61 Å². The highest BCUT2D eigenvalue weighted by atomic mass is 79.9. The summed E-state index contributed by atoms with van der Waals surface area (Å²) in [5, 5.41) is 0. The first-order valence-electron chi connectivity index (χ1n) is 7.75. The van der Waals surface area contributed by atoms with Gasteiger partial charge in [0.05, 0.1) is 6.61 Å². The van der Waals surface area contributed by atoms with Crippen LogP contribution >= 0.6 is 15.9 Å². The van der Waals surface area contributed by atoms with Gasteiger partial charge in [0.2, 0.25) is 0 Å². The summed E-state index contributed by atoms with van der Waals surface area (Å²) in [6, 6.07) is 13.7. The van der Waals surface area contributed by atoms with E-state index in [-0.39, 0.29) is 0 Å². The van der Waals surface area contributed by atoms with Crippen molar-refractivity contribution < 1.29 is 19.1 Å². The predicted octanol–water partition coefficient (Wildman–Crippen LogP) is 3.08. The van der Waals surface area contributed by atoms with E-state index in [1.165, 1.54) is 0 Å². The molecule has 0 aromatic heterocycles. The molecule has 2 rings (SSSR count). The van der Waals surface area contributed by atoms with E-state index in [0.717, 1.165) is 4.47 Å². The van der Waals surface area contributed by atoms with Crippen LogP contribution in [0.1, 0.15) is 24.2 Å². The number of nitrogens with one attached hydrogen (secondary N) is 2. The van der Waals surface area contributed by atoms with E-state index in [9.17, 15) is 9.59 Å². The van der Waals surface area contributed by atoms with Crippen molar-refractivity contribution in [3.63, 3.8) is 0 Å². The van der Waals surface area contributed by atoms with E-state index in [1.54, 1.807) is 43.3 Å². The molecule has 0 aliphatic heterocycles. The van der Waals surface area contributed by atoms with Gasteiger partial charge in [0, 0.05) is 10.0 Å². The Morgan fingerprint density at radius 2 is 1.60 bits per heavy atom. The molecule has 0 unspecified atom stereocenters. The lowest BCUT2D eigenvalue weighted by molar-refractivity contribution is -0.128. The van der Waals surface area contributed by atoms with Crippen LogP contribution in [0.4, 0.5) is 0 Å². The first kappa shape index (κ1) is 18.8. The van der Waals surface area contributed by atoms with Gasteiger partial charge in [-0.15, -0.1) is 0 Å². The Bertz CT molecular complexity index is 717. The van der Waals surface area contributed by atoms with Crippen molar-refractivity contribution in [2.45, 2.75) is 20.0 Å². The van der Waals surface area contributed by atoms with Crippen molar-refractivity contribution in [1.82, 2.24) is 10.9 Å². The van der Waals surface area contributed by atoms with Crippen molar-refractivity contribution in [1.29, 1.82) is 0 Å². The first-order valence-corrected chi connectivity index (χ1v) is 8.54. The number of rotatable bonds is 6. The highest BCUT2D eigenvalue weighted by Crippen LogP contribution is 2.17. The van der Waals surface area contributed by atoms with Gasteiger partial charge in [-0.2, -0.15) is 0 Å². The summed E-state index contributed by atoms with van der Waals surface area (Å²) in [6.45, 7) is 4.03. The van der Waals surface area contributed by atoms with E-state index in [4.69, 9.17) is 9.47 Å². The predicted molar refractivity (Wildman–Crippen MR) is 97.5 cm³/mol. The fourth-order valence-electron chi connectivity index (χ4n) is 1.93. The molecule has 25 heavy (non-hydrogen) atoms. The van der Waals surface area contributed by atoms with Crippen LogP contribution < -0.4 is 20.3 Å². The summed E-state index contributed by atoms with van der Waals surface area (Å²) < 4.78 is 11.7. The average Bonchev–Trinajstić information content (AvgIpc) is 2.62. The zero-order valence-electron chi connectivity index (χ0n) is 13.9. The molecule has 2 amide bonds. The number of halogens is 1. The zero-order chi connectivity index (χ0) is 18.2. The number of carbonyl (C=O) groups is 2. The second-order valence-corrected chi connectivity index (χ2v) is 6.03. The van der Waals surface area contributed by atoms with Gasteiger partial charge in [0.25, 0.3) is 11.8 Å². The Hall–Kier alpha value is -2.54. The van der Waals surface area contributed by atoms with Gasteiger partial charge in [-0.05, 0) is 62.4 Å². The van der Waals surface area contributed by atoms with Crippen molar-refractivity contribution in [2.24, 2.45) is 0 Å². The number of hydrogen-bond acceptors (Lipinski definition) is 4. The van der Waals surface area contributed by atoms with E-state index in [0.29, 0.717) is 23.7 Å². The lowest BCUT2D eigenvalue weighted by Crippen LogP contribution is -2.47. The molecule has 0 bridgehead atoms. The molecule has 2 aromatic rings. The molecule has 0 saturated carbocycles. The standard InChI is InChI=1S/C18H19BrN2O4/c1-3-24-15-8-4-13(5-9-15)18(23)21-20-17(22)12(2)25-16-10-6-14(19)7-11-16/h4-12H,3H2,1-2H3,(H,20,22)(H,21,23)/t12-/m0/s1.